The Labute approximate surface area is 178 Å². The summed E-state index contributed by atoms with van der Waals surface area (Å²) in [7, 11) is 1.46. The van der Waals surface area contributed by atoms with Gasteiger partial charge in [0.2, 0.25) is 5.88 Å². The number of anilines is 1. The third-order valence-corrected chi connectivity index (χ3v) is 6.05. The number of nitrogens with zero attached hydrogens (tertiary/aromatic N) is 4. The van der Waals surface area contributed by atoms with E-state index in [-0.39, 0.29) is 31.5 Å². The van der Waals surface area contributed by atoms with Gasteiger partial charge in [-0.15, -0.1) is 0 Å². The van der Waals surface area contributed by atoms with E-state index in [4.69, 9.17) is 4.74 Å². The molecular weight excluding hydrogens is 435 g/mol. The van der Waals surface area contributed by atoms with Crippen molar-refractivity contribution in [1.29, 1.82) is 0 Å². The quantitative estimate of drug-likeness (QED) is 0.628. The molecule has 4 rings (SSSR count). The van der Waals surface area contributed by atoms with Crippen LogP contribution in [0, 0.1) is 0 Å². The topological polar surface area (TPSA) is 100 Å². The van der Waals surface area contributed by atoms with Gasteiger partial charge in [0.1, 0.15) is 6.33 Å². The zero-order valence-electron chi connectivity index (χ0n) is 16.3. The van der Waals surface area contributed by atoms with Crippen LogP contribution in [0.3, 0.4) is 0 Å². The largest absolute Gasteiger partial charge is 0.479 e. The smallest absolute Gasteiger partial charge is 0.416 e. The first-order valence-corrected chi connectivity index (χ1v) is 10.1. The number of aromatic nitrogens is 3. The number of halogens is 3. The van der Waals surface area contributed by atoms with Gasteiger partial charge in [-0.1, -0.05) is 23.5 Å². The van der Waals surface area contributed by atoms with E-state index >= 15 is 0 Å². The number of likely N-dealkylation sites (tertiary alicyclic amines) is 1. The van der Waals surface area contributed by atoms with Crippen molar-refractivity contribution in [3.8, 4) is 5.88 Å². The van der Waals surface area contributed by atoms with Crippen LogP contribution in [-0.2, 0) is 11.8 Å². The summed E-state index contributed by atoms with van der Waals surface area (Å²) in [5, 5.41) is 13.9. The number of thiazole rings is 1. The Morgan fingerprint density at radius 2 is 2.03 bits per heavy atom. The predicted molar refractivity (Wildman–Crippen MR) is 107 cm³/mol. The Morgan fingerprint density at radius 3 is 2.71 bits per heavy atom. The average Bonchev–Trinajstić information content (AvgIpc) is 3.16. The lowest BCUT2D eigenvalue weighted by Crippen LogP contribution is -2.46. The van der Waals surface area contributed by atoms with Gasteiger partial charge in [-0.05, 0) is 30.5 Å². The van der Waals surface area contributed by atoms with Crippen molar-refractivity contribution >= 4 is 32.8 Å². The molecule has 1 saturated heterocycles. The van der Waals surface area contributed by atoms with Gasteiger partial charge in [-0.2, -0.15) is 18.2 Å². The summed E-state index contributed by atoms with van der Waals surface area (Å²) < 4.78 is 44.1. The van der Waals surface area contributed by atoms with Crippen LogP contribution in [-0.4, -0.2) is 51.2 Å². The number of hydrogen-bond donors (Lipinski definition) is 2. The number of carbonyl (C=O) groups excluding carboxylic acids is 1. The van der Waals surface area contributed by atoms with Gasteiger partial charge in [0.05, 0.1) is 18.3 Å². The fourth-order valence-electron chi connectivity index (χ4n) is 3.46. The van der Waals surface area contributed by atoms with Crippen LogP contribution >= 0.6 is 11.3 Å². The second kappa shape index (κ2) is 7.93. The zero-order valence-corrected chi connectivity index (χ0v) is 17.1. The molecule has 1 aliphatic heterocycles. The van der Waals surface area contributed by atoms with Crippen molar-refractivity contribution < 1.29 is 27.8 Å². The van der Waals surface area contributed by atoms with E-state index in [0.29, 0.717) is 21.4 Å². The number of carbonyl (C=O) groups is 1. The number of hydrogen-bond acceptors (Lipinski definition) is 7. The summed E-state index contributed by atoms with van der Waals surface area (Å²) in [5.41, 5.74) is -1.62. The second-order valence-electron chi connectivity index (χ2n) is 7.08. The van der Waals surface area contributed by atoms with E-state index in [0.717, 1.165) is 23.5 Å². The maximum Gasteiger partial charge on any atom is 0.416 e. The molecule has 0 radical (unpaired) electrons. The standard InChI is InChI=1S/C19H18F3N5O3S/c1-30-14-13-15(24-10-23-14)31-16(25-13)26-17(28)27-7-5-18(29,6-8-27)11-3-2-4-12(9-11)19(20,21)22/h2-4,9-10,29H,5-8H2,1H3,(H,25,26,28). The molecule has 0 bridgehead atoms. The predicted octanol–water partition coefficient (Wildman–Crippen LogP) is 3.63. The highest BCUT2D eigenvalue weighted by molar-refractivity contribution is 7.22. The number of ether oxygens (including phenoxy) is 1. The molecule has 2 amide bonds. The van der Waals surface area contributed by atoms with E-state index in [1.54, 1.807) is 0 Å². The molecule has 12 heteroatoms. The summed E-state index contributed by atoms with van der Waals surface area (Å²) in [5.74, 6) is 0.297. The molecule has 1 aliphatic rings. The monoisotopic (exact) mass is 453 g/mol. The first-order valence-electron chi connectivity index (χ1n) is 9.31. The van der Waals surface area contributed by atoms with E-state index in [1.807, 2.05) is 0 Å². The Morgan fingerprint density at radius 1 is 1.29 bits per heavy atom. The number of benzene rings is 1. The number of alkyl halides is 3. The molecular formula is C19H18F3N5O3S. The van der Waals surface area contributed by atoms with Crippen LogP contribution in [0.25, 0.3) is 10.3 Å². The Bertz CT molecular complexity index is 1110. The minimum atomic E-state index is -4.49. The molecule has 164 valence electrons. The average molecular weight is 453 g/mol. The van der Waals surface area contributed by atoms with Crippen molar-refractivity contribution in [3.63, 3.8) is 0 Å². The van der Waals surface area contributed by atoms with E-state index < -0.39 is 23.4 Å². The van der Waals surface area contributed by atoms with Gasteiger partial charge < -0.3 is 14.7 Å². The zero-order chi connectivity index (χ0) is 22.2. The molecule has 2 aromatic heterocycles. The lowest BCUT2D eigenvalue weighted by molar-refractivity contribution is -0.137. The number of urea groups is 1. The number of methoxy groups -OCH3 is 1. The van der Waals surface area contributed by atoms with Gasteiger partial charge in [0, 0.05) is 13.1 Å². The van der Waals surface area contributed by atoms with Crippen molar-refractivity contribution in [2.75, 3.05) is 25.5 Å². The van der Waals surface area contributed by atoms with Crippen molar-refractivity contribution in [2.45, 2.75) is 24.6 Å². The van der Waals surface area contributed by atoms with Crippen molar-refractivity contribution in [3.05, 3.63) is 41.7 Å². The summed E-state index contributed by atoms with van der Waals surface area (Å²) in [6.07, 6.45) is -2.93. The number of nitrogens with one attached hydrogen (secondary N) is 1. The highest BCUT2D eigenvalue weighted by Crippen LogP contribution is 2.37. The summed E-state index contributed by atoms with van der Waals surface area (Å²) >= 11 is 1.16. The molecule has 0 unspecified atom stereocenters. The highest BCUT2D eigenvalue weighted by Gasteiger charge is 2.38. The number of aliphatic hydroxyl groups is 1. The molecule has 1 aromatic carbocycles. The minimum absolute atomic E-state index is 0.112. The SMILES string of the molecule is COc1ncnc2sc(NC(=O)N3CCC(O)(c4cccc(C(F)(F)F)c4)CC3)nc12. The molecule has 8 nitrogen and oxygen atoms in total. The van der Waals surface area contributed by atoms with Gasteiger partial charge in [0.25, 0.3) is 0 Å². The number of fused-ring (bicyclic) bond motifs is 1. The lowest BCUT2D eigenvalue weighted by atomic mass is 9.84. The fourth-order valence-corrected chi connectivity index (χ4v) is 4.25. The van der Waals surface area contributed by atoms with E-state index in [2.05, 4.69) is 20.3 Å². The molecule has 3 aromatic rings. The highest BCUT2D eigenvalue weighted by atomic mass is 32.1. The molecule has 0 spiro atoms. The van der Waals surface area contributed by atoms with Crippen LogP contribution < -0.4 is 10.1 Å². The van der Waals surface area contributed by atoms with Crippen LogP contribution in [0.1, 0.15) is 24.0 Å². The van der Waals surface area contributed by atoms with Crippen LogP contribution in [0.2, 0.25) is 0 Å². The summed E-state index contributed by atoms with van der Waals surface area (Å²) in [6.45, 7) is 0.346. The van der Waals surface area contributed by atoms with E-state index in [9.17, 15) is 23.1 Å². The Hall–Kier alpha value is -2.99. The summed E-state index contributed by atoms with van der Waals surface area (Å²) in [6, 6.07) is 4.26. The Balaban J connectivity index is 1.43. The van der Waals surface area contributed by atoms with Crippen molar-refractivity contribution in [2.24, 2.45) is 0 Å². The van der Waals surface area contributed by atoms with Crippen molar-refractivity contribution in [1.82, 2.24) is 19.9 Å². The Kier molecular flexibility index (Phi) is 5.43. The molecule has 0 saturated carbocycles. The minimum Gasteiger partial charge on any atom is -0.479 e. The lowest BCUT2D eigenvalue weighted by Gasteiger charge is -2.38. The van der Waals surface area contributed by atoms with Crippen LogP contribution in [0.5, 0.6) is 5.88 Å². The van der Waals surface area contributed by atoms with Gasteiger partial charge in [0.15, 0.2) is 15.5 Å². The van der Waals surface area contributed by atoms with Gasteiger partial charge in [-0.3, -0.25) is 5.32 Å². The molecule has 0 aliphatic carbocycles. The number of piperidine rings is 1. The van der Waals surface area contributed by atoms with Crippen LogP contribution in [0.15, 0.2) is 30.6 Å². The normalized spacial score (nSPS) is 16.4. The third-order valence-electron chi connectivity index (χ3n) is 5.17. The first kappa shape index (κ1) is 21.2. The molecule has 1 fully saturated rings. The first-order chi connectivity index (χ1) is 14.7. The molecule has 31 heavy (non-hydrogen) atoms. The van der Waals surface area contributed by atoms with Crippen LogP contribution in [0.4, 0.5) is 23.1 Å². The molecule has 0 atom stereocenters. The third kappa shape index (κ3) is 4.26. The molecule has 2 N–H and O–H groups in total. The maximum absolute atomic E-state index is 13.0. The van der Waals surface area contributed by atoms with Gasteiger partial charge >= 0.3 is 12.2 Å². The molecule has 3 heterocycles. The number of rotatable bonds is 3. The second-order valence-corrected chi connectivity index (χ2v) is 8.06. The maximum atomic E-state index is 13.0. The fraction of sp³-hybridized carbons (Fsp3) is 0.368. The number of amides is 2. The van der Waals surface area contributed by atoms with Gasteiger partial charge in [-0.25, -0.2) is 14.8 Å². The summed E-state index contributed by atoms with van der Waals surface area (Å²) in [4.78, 5) is 27.0. The van der Waals surface area contributed by atoms with E-state index in [1.165, 1.54) is 30.5 Å².